The maximum Gasteiger partial charge on any atom is 0.411 e. The van der Waals surface area contributed by atoms with Crippen molar-refractivity contribution in [2.24, 2.45) is 0 Å². The Morgan fingerprint density at radius 2 is 1.72 bits per heavy atom. The van der Waals surface area contributed by atoms with Crippen molar-refractivity contribution in [1.29, 1.82) is 0 Å². The van der Waals surface area contributed by atoms with Crippen molar-refractivity contribution in [3.05, 3.63) is 59.9 Å². The van der Waals surface area contributed by atoms with Gasteiger partial charge in [-0.2, -0.15) is 0 Å². The molecule has 0 fully saturated rings. The fourth-order valence-electron chi connectivity index (χ4n) is 1.52. The summed E-state index contributed by atoms with van der Waals surface area (Å²) in [7, 11) is -4.21. The molecule has 0 amide bonds. The Labute approximate surface area is 104 Å². The number of hydrogen-bond acceptors (Lipinski definition) is 2. The number of benzene rings is 2. The molecule has 94 valence electrons. The Balaban J connectivity index is 2.37. The Morgan fingerprint density at radius 3 is 2.39 bits per heavy atom. The van der Waals surface area contributed by atoms with Crippen molar-refractivity contribution < 1.29 is 18.4 Å². The largest absolute Gasteiger partial charge is 0.421 e. The Hall–Kier alpha value is -1.64. The normalized spacial score (nSPS) is 13.9. The van der Waals surface area contributed by atoms with Gasteiger partial charge in [-0.05, 0) is 30.7 Å². The lowest BCUT2D eigenvalue weighted by Gasteiger charge is -2.15. The first kappa shape index (κ1) is 12.8. The Bertz CT molecular complexity index is 613. The summed E-state index contributed by atoms with van der Waals surface area (Å²) in [6.45, 7) is 1.75. The molecular formula is C13H12FO3P. The molecule has 0 aliphatic carbocycles. The highest BCUT2D eigenvalue weighted by Gasteiger charge is 2.28. The van der Waals surface area contributed by atoms with Gasteiger partial charge in [0.25, 0.3) is 0 Å². The van der Waals surface area contributed by atoms with E-state index in [1.54, 1.807) is 31.2 Å². The van der Waals surface area contributed by atoms with E-state index in [9.17, 15) is 13.8 Å². The molecule has 0 aromatic heterocycles. The maximum atomic E-state index is 13.5. The van der Waals surface area contributed by atoms with Crippen LogP contribution in [0.2, 0.25) is 0 Å². The molecule has 1 N–H and O–H groups in total. The highest BCUT2D eigenvalue weighted by molar-refractivity contribution is 7.61. The number of para-hydroxylation sites is 1. The van der Waals surface area contributed by atoms with Crippen LogP contribution in [0, 0.1) is 12.7 Å². The summed E-state index contributed by atoms with van der Waals surface area (Å²) >= 11 is 0. The van der Waals surface area contributed by atoms with Crippen LogP contribution < -0.4 is 9.83 Å². The molecule has 2 aromatic carbocycles. The molecular weight excluding hydrogens is 254 g/mol. The first-order valence-electron chi connectivity index (χ1n) is 5.34. The third kappa shape index (κ3) is 2.61. The van der Waals surface area contributed by atoms with Crippen LogP contribution in [-0.2, 0) is 4.57 Å². The highest BCUT2D eigenvalue weighted by Crippen LogP contribution is 2.43. The molecule has 1 unspecified atom stereocenters. The van der Waals surface area contributed by atoms with Crippen molar-refractivity contribution >= 4 is 12.9 Å². The summed E-state index contributed by atoms with van der Waals surface area (Å²) in [6, 6.07) is 12.1. The summed E-state index contributed by atoms with van der Waals surface area (Å²) in [6.07, 6.45) is 0. The summed E-state index contributed by atoms with van der Waals surface area (Å²) in [5.41, 5.74) is 0.711. The van der Waals surface area contributed by atoms with Gasteiger partial charge in [0, 0.05) is 0 Å². The third-order valence-corrected chi connectivity index (χ3v) is 3.89. The molecule has 0 heterocycles. The number of aryl methyl sites for hydroxylation is 1. The van der Waals surface area contributed by atoms with Crippen molar-refractivity contribution in [2.45, 2.75) is 6.92 Å². The van der Waals surface area contributed by atoms with Crippen LogP contribution in [0.25, 0.3) is 0 Å². The lowest BCUT2D eigenvalue weighted by molar-refractivity contribution is 0.390. The van der Waals surface area contributed by atoms with E-state index in [4.69, 9.17) is 4.52 Å². The molecule has 0 saturated heterocycles. The maximum absolute atomic E-state index is 13.5. The molecule has 18 heavy (non-hydrogen) atoms. The van der Waals surface area contributed by atoms with Gasteiger partial charge < -0.3 is 9.42 Å². The molecule has 2 rings (SSSR count). The van der Waals surface area contributed by atoms with Crippen LogP contribution in [0.3, 0.4) is 0 Å². The lowest BCUT2D eigenvalue weighted by Crippen LogP contribution is -2.13. The predicted molar refractivity (Wildman–Crippen MR) is 67.7 cm³/mol. The summed E-state index contributed by atoms with van der Waals surface area (Å²) < 4.78 is 30.6. The molecule has 0 spiro atoms. The van der Waals surface area contributed by atoms with E-state index >= 15 is 0 Å². The van der Waals surface area contributed by atoms with E-state index in [0.29, 0.717) is 5.56 Å². The predicted octanol–water partition coefficient (Wildman–Crippen LogP) is 3.02. The highest BCUT2D eigenvalue weighted by atomic mass is 31.2. The second kappa shape index (κ2) is 4.92. The number of rotatable bonds is 3. The molecule has 5 heteroatoms. The minimum atomic E-state index is -4.21. The van der Waals surface area contributed by atoms with Gasteiger partial charge in [-0.3, -0.25) is 0 Å². The quantitative estimate of drug-likeness (QED) is 0.868. The average Bonchev–Trinajstić information content (AvgIpc) is 2.32. The third-order valence-electron chi connectivity index (χ3n) is 2.47. The van der Waals surface area contributed by atoms with Gasteiger partial charge >= 0.3 is 7.60 Å². The fraction of sp³-hybridized carbons (Fsp3) is 0.0769. The zero-order chi connectivity index (χ0) is 13.2. The van der Waals surface area contributed by atoms with Crippen molar-refractivity contribution in [3.8, 4) is 5.75 Å². The minimum absolute atomic E-state index is 0.270. The van der Waals surface area contributed by atoms with E-state index in [1.165, 1.54) is 18.2 Å². The van der Waals surface area contributed by atoms with Gasteiger partial charge in [0.1, 0.15) is 16.9 Å². The van der Waals surface area contributed by atoms with Crippen molar-refractivity contribution in [3.63, 3.8) is 0 Å². The number of hydrogen-bond donors (Lipinski definition) is 1. The monoisotopic (exact) mass is 266 g/mol. The van der Waals surface area contributed by atoms with Gasteiger partial charge in [0.15, 0.2) is 0 Å². The second-order valence-corrected chi connectivity index (χ2v) is 5.53. The van der Waals surface area contributed by atoms with Gasteiger partial charge in [-0.25, -0.2) is 8.96 Å². The molecule has 0 saturated carbocycles. The summed E-state index contributed by atoms with van der Waals surface area (Å²) in [4.78, 5) is 9.84. The zero-order valence-corrected chi connectivity index (χ0v) is 10.6. The van der Waals surface area contributed by atoms with Crippen LogP contribution in [0.1, 0.15) is 5.56 Å². The summed E-state index contributed by atoms with van der Waals surface area (Å²) in [5, 5.41) is -0.326. The molecule has 2 aromatic rings. The SMILES string of the molecule is Cc1ccccc1OP(=O)(O)c1ccccc1F. The van der Waals surface area contributed by atoms with Crippen LogP contribution in [0.4, 0.5) is 4.39 Å². The van der Waals surface area contributed by atoms with E-state index in [-0.39, 0.29) is 11.1 Å². The van der Waals surface area contributed by atoms with Gasteiger partial charge in [0.05, 0.1) is 0 Å². The van der Waals surface area contributed by atoms with Gasteiger partial charge in [-0.1, -0.05) is 30.3 Å². The van der Waals surface area contributed by atoms with Crippen molar-refractivity contribution in [1.82, 2.24) is 0 Å². The molecule has 0 aliphatic heterocycles. The molecule has 0 aliphatic rings. The first-order chi connectivity index (χ1) is 8.50. The first-order valence-corrected chi connectivity index (χ1v) is 6.91. The van der Waals surface area contributed by atoms with E-state index < -0.39 is 13.4 Å². The molecule has 3 nitrogen and oxygen atoms in total. The van der Waals surface area contributed by atoms with Crippen LogP contribution in [-0.4, -0.2) is 4.89 Å². The van der Waals surface area contributed by atoms with E-state index in [2.05, 4.69) is 0 Å². The van der Waals surface area contributed by atoms with Crippen molar-refractivity contribution in [2.75, 3.05) is 0 Å². The second-order valence-electron chi connectivity index (χ2n) is 3.83. The Morgan fingerprint density at radius 1 is 1.11 bits per heavy atom. The topological polar surface area (TPSA) is 46.5 Å². The summed E-state index contributed by atoms with van der Waals surface area (Å²) in [5.74, 6) is -0.483. The van der Waals surface area contributed by atoms with E-state index in [1.807, 2.05) is 0 Å². The molecule has 0 bridgehead atoms. The van der Waals surface area contributed by atoms with E-state index in [0.717, 1.165) is 6.07 Å². The molecule has 0 radical (unpaired) electrons. The Kier molecular flexibility index (Phi) is 3.50. The standard InChI is InChI=1S/C13H12FO3P/c1-10-6-2-4-8-12(10)17-18(15,16)13-9-5-3-7-11(13)14/h2-9H,1H3,(H,15,16). The minimum Gasteiger partial charge on any atom is -0.421 e. The lowest BCUT2D eigenvalue weighted by atomic mass is 10.2. The van der Waals surface area contributed by atoms with Crippen LogP contribution >= 0.6 is 7.60 Å². The molecule has 1 atom stereocenters. The van der Waals surface area contributed by atoms with Gasteiger partial charge in [0.2, 0.25) is 0 Å². The fourth-order valence-corrected chi connectivity index (χ4v) is 2.71. The number of halogens is 1. The zero-order valence-electron chi connectivity index (χ0n) is 9.71. The van der Waals surface area contributed by atoms with Crippen LogP contribution in [0.15, 0.2) is 48.5 Å². The van der Waals surface area contributed by atoms with Gasteiger partial charge in [-0.15, -0.1) is 0 Å². The smallest absolute Gasteiger partial charge is 0.411 e. The van der Waals surface area contributed by atoms with Crippen LogP contribution in [0.5, 0.6) is 5.75 Å². The average molecular weight is 266 g/mol.